The van der Waals surface area contributed by atoms with Crippen molar-refractivity contribution >= 4 is 0 Å². The topological polar surface area (TPSA) is 29.3 Å². The fourth-order valence-electron chi connectivity index (χ4n) is 2.97. The molecule has 1 atom stereocenters. The fourth-order valence-corrected chi connectivity index (χ4v) is 2.97. The minimum absolute atomic E-state index is 0.177. The molecule has 112 valence electrons. The molecule has 2 N–H and O–H groups in total. The molecular weight excluding hydrogens is 244 g/mol. The zero-order valence-electron chi connectivity index (χ0n) is 13.4. The largest absolute Gasteiger partial charge is 0.324 e. The minimum Gasteiger partial charge on any atom is -0.324 e. The Morgan fingerprint density at radius 2 is 1.80 bits per heavy atom. The van der Waals surface area contributed by atoms with Gasteiger partial charge in [0, 0.05) is 18.6 Å². The van der Waals surface area contributed by atoms with Crippen LogP contribution in [0.2, 0.25) is 0 Å². The zero-order chi connectivity index (χ0) is 14.5. The Kier molecular flexibility index (Phi) is 5.62. The predicted octanol–water partition coefficient (Wildman–Crippen LogP) is 3.96. The first kappa shape index (κ1) is 15.5. The van der Waals surface area contributed by atoms with Gasteiger partial charge in [-0.1, -0.05) is 42.7 Å². The monoisotopic (exact) mass is 274 g/mol. The van der Waals surface area contributed by atoms with Crippen LogP contribution in [0.25, 0.3) is 0 Å². The Hall–Kier alpha value is -0.860. The van der Waals surface area contributed by atoms with Crippen molar-refractivity contribution in [2.45, 2.75) is 65.0 Å². The Balaban J connectivity index is 1.87. The Labute approximate surface area is 124 Å². The lowest BCUT2D eigenvalue weighted by Crippen LogP contribution is -2.30. The lowest BCUT2D eigenvalue weighted by atomic mass is 9.99. The molecule has 0 radical (unpaired) electrons. The molecule has 0 spiro atoms. The van der Waals surface area contributed by atoms with Crippen LogP contribution in [0, 0.1) is 13.8 Å². The summed E-state index contributed by atoms with van der Waals surface area (Å²) in [5.74, 6) is 0. The van der Waals surface area contributed by atoms with E-state index in [2.05, 4.69) is 43.9 Å². The Morgan fingerprint density at radius 1 is 1.15 bits per heavy atom. The van der Waals surface area contributed by atoms with E-state index in [1.54, 1.807) is 0 Å². The molecule has 1 unspecified atom stereocenters. The second-order valence-electron chi connectivity index (χ2n) is 6.44. The van der Waals surface area contributed by atoms with E-state index in [0.717, 1.165) is 19.0 Å². The first-order chi connectivity index (χ1) is 9.60. The van der Waals surface area contributed by atoms with Gasteiger partial charge in [0.05, 0.1) is 0 Å². The van der Waals surface area contributed by atoms with Crippen molar-refractivity contribution in [2.75, 3.05) is 13.1 Å². The quantitative estimate of drug-likeness (QED) is 0.777. The second-order valence-corrected chi connectivity index (χ2v) is 6.44. The predicted molar refractivity (Wildman–Crippen MR) is 87.0 cm³/mol. The van der Waals surface area contributed by atoms with E-state index in [0.29, 0.717) is 0 Å². The molecule has 1 aliphatic carbocycles. The van der Waals surface area contributed by atoms with E-state index < -0.39 is 0 Å². The minimum atomic E-state index is 0.177. The van der Waals surface area contributed by atoms with Crippen LogP contribution in [0.4, 0.5) is 0 Å². The molecule has 2 heteroatoms. The standard InChI is InChI=1S/C18H30N2/c1-4-5-9-20(17-6-7-17)10-8-18(19)16-12-14(2)11-15(3)13-16/h11-13,17-18H,4-10,19H2,1-3H3. The maximum absolute atomic E-state index is 6.40. The second kappa shape index (κ2) is 7.24. The zero-order valence-corrected chi connectivity index (χ0v) is 13.4. The first-order valence-electron chi connectivity index (χ1n) is 8.18. The van der Waals surface area contributed by atoms with Crippen LogP contribution in [0.3, 0.4) is 0 Å². The van der Waals surface area contributed by atoms with Crippen molar-refractivity contribution < 1.29 is 0 Å². The van der Waals surface area contributed by atoms with Gasteiger partial charge in [-0.25, -0.2) is 0 Å². The summed E-state index contributed by atoms with van der Waals surface area (Å²) < 4.78 is 0. The maximum Gasteiger partial charge on any atom is 0.0307 e. The number of rotatable bonds is 8. The lowest BCUT2D eigenvalue weighted by Gasteiger charge is -2.24. The number of hydrogen-bond donors (Lipinski definition) is 1. The highest BCUT2D eigenvalue weighted by atomic mass is 15.2. The lowest BCUT2D eigenvalue weighted by molar-refractivity contribution is 0.249. The average molecular weight is 274 g/mol. The molecule has 2 nitrogen and oxygen atoms in total. The van der Waals surface area contributed by atoms with Crippen molar-refractivity contribution in [3.63, 3.8) is 0 Å². The molecule has 0 aromatic heterocycles. The number of aryl methyl sites for hydroxylation is 2. The molecule has 0 bridgehead atoms. The van der Waals surface area contributed by atoms with Gasteiger partial charge in [0.15, 0.2) is 0 Å². The van der Waals surface area contributed by atoms with E-state index in [1.165, 1.54) is 48.9 Å². The van der Waals surface area contributed by atoms with Crippen molar-refractivity contribution in [1.29, 1.82) is 0 Å². The van der Waals surface area contributed by atoms with Gasteiger partial charge in [0.25, 0.3) is 0 Å². The van der Waals surface area contributed by atoms with Gasteiger partial charge in [0.2, 0.25) is 0 Å². The number of nitrogens with zero attached hydrogens (tertiary/aromatic N) is 1. The average Bonchev–Trinajstić information content (AvgIpc) is 3.22. The summed E-state index contributed by atoms with van der Waals surface area (Å²) in [5.41, 5.74) is 10.3. The van der Waals surface area contributed by atoms with Crippen LogP contribution in [0.1, 0.15) is 61.8 Å². The molecule has 0 heterocycles. The van der Waals surface area contributed by atoms with Gasteiger partial charge in [-0.3, -0.25) is 0 Å². The first-order valence-corrected chi connectivity index (χ1v) is 8.18. The molecule has 0 aliphatic heterocycles. The maximum atomic E-state index is 6.40. The van der Waals surface area contributed by atoms with Gasteiger partial charge in [0.1, 0.15) is 0 Å². The van der Waals surface area contributed by atoms with E-state index in [9.17, 15) is 0 Å². The molecule has 1 fully saturated rings. The summed E-state index contributed by atoms with van der Waals surface area (Å²) in [6, 6.07) is 7.73. The van der Waals surface area contributed by atoms with Gasteiger partial charge < -0.3 is 10.6 Å². The van der Waals surface area contributed by atoms with Crippen LogP contribution in [-0.2, 0) is 0 Å². The Bertz CT molecular complexity index is 403. The number of benzene rings is 1. The summed E-state index contributed by atoms with van der Waals surface area (Å²) in [5, 5.41) is 0. The van der Waals surface area contributed by atoms with Crippen LogP contribution in [0.15, 0.2) is 18.2 Å². The van der Waals surface area contributed by atoms with Crippen molar-refractivity contribution in [3.05, 3.63) is 34.9 Å². The van der Waals surface area contributed by atoms with Crippen molar-refractivity contribution in [3.8, 4) is 0 Å². The van der Waals surface area contributed by atoms with Crippen LogP contribution < -0.4 is 5.73 Å². The summed E-state index contributed by atoms with van der Waals surface area (Å²) in [7, 11) is 0. The summed E-state index contributed by atoms with van der Waals surface area (Å²) in [4.78, 5) is 2.66. The molecule has 2 rings (SSSR count). The number of nitrogens with two attached hydrogens (primary N) is 1. The van der Waals surface area contributed by atoms with Crippen LogP contribution in [-0.4, -0.2) is 24.0 Å². The fraction of sp³-hybridized carbons (Fsp3) is 0.667. The van der Waals surface area contributed by atoms with Gasteiger partial charge >= 0.3 is 0 Å². The van der Waals surface area contributed by atoms with Gasteiger partial charge in [-0.05, 0) is 51.6 Å². The van der Waals surface area contributed by atoms with Crippen LogP contribution >= 0.6 is 0 Å². The van der Waals surface area contributed by atoms with Crippen LogP contribution in [0.5, 0.6) is 0 Å². The third kappa shape index (κ3) is 4.60. The molecule has 1 aromatic rings. The number of hydrogen-bond acceptors (Lipinski definition) is 2. The normalized spacial score (nSPS) is 16.6. The summed E-state index contributed by atoms with van der Waals surface area (Å²) in [6.45, 7) is 8.98. The third-order valence-corrected chi connectivity index (χ3v) is 4.26. The highest BCUT2D eigenvalue weighted by Crippen LogP contribution is 2.28. The van der Waals surface area contributed by atoms with Gasteiger partial charge in [-0.2, -0.15) is 0 Å². The highest BCUT2D eigenvalue weighted by Gasteiger charge is 2.28. The van der Waals surface area contributed by atoms with E-state index >= 15 is 0 Å². The highest BCUT2D eigenvalue weighted by molar-refractivity contribution is 5.30. The third-order valence-electron chi connectivity index (χ3n) is 4.26. The Morgan fingerprint density at radius 3 is 2.35 bits per heavy atom. The molecule has 1 saturated carbocycles. The molecule has 1 aliphatic rings. The van der Waals surface area contributed by atoms with Crippen molar-refractivity contribution in [1.82, 2.24) is 4.90 Å². The summed E-state index contributed by atoms with van der Waals surface area (Å²) >= 11 is 0. The number of unbranched alkanes of at least 4 members (excludes halogenated alkanes) is 1. The molecule has 0 amide bonds. The smallest absolute Gasteiger partial charge is 0.0307 e. The van der Waals surface area contributed by atoms with E-state index in [-0.39, 0.29) is 6.04 Å². The molecular formula is C18H30N2. The SMILES string of the molecule is CCCCN(CCC(N)c1cc(C)cc(C)c1)C1CC1. The van der Waals surface area contributed by atoms with E-state index in [1.807, 2.05) is 0 Å². The summed E-state index contributed by atoms with van der Waals surface area (Å²) in [6.07, 6.45) is 6.45. The molecule has 0 saturated heterocycles. The molecule has 20 heavy (non-hydrogen) atoms. The van der Waals surface area contributed by atoms with Crippen molar-refractivity contribution in [2.24, 2.45) is 5.73 Å². The van der Waals surface area contributed by atoms with E-state index in [4.69, 9.17) is 5.73 Å². The molecule has 1 aromatic carbocycles. The van der Waals surface area contributed by atoms with Gasteiger partial charge in [-0.15, -0.1) is 0 Å².